The van der Waals surface area contributed by atoms with Crippen LogP contribution in [-0.2, 0) is 9.59 Å². The molecule has 1 aliphatic rings. The number of hydrogen-bond acceptors (Lipinski definition) is 3. The van der Waals surface area contributed by atoms with Gasteiger partial charge < -0.3 is 4.90 Å². The van der Waals surface area contributed by atoms with E-state index in [4.69, 9.17) is 0 Å². The zero-order valence-corrected chi connectivity index (χ0v) is 8.67. The lowest BCUT2D eigenvalue weighted by molar-refractivity contribution is -0.131. The summed E-state index contributed by atoms with van der Waals surface area (Å²) in [7, 11) is 2.04. The standard InChI is InChI=1S/C9H17N3O2/c1-7(13)10-11-9(14)8-3-5-12(2)6-4-8/h8H,3-6H2,1-2H3,(H,10,13)(H,11,14). The monoisotopic (exact) mass is 199 g/mol. The maximum atomic E-state index is 11.5. The van der Waals surface area contributed by atoms with E-state index in [1.165, 1.54) is 6.92 Å². The smallest absolute Gasteiger partial charge is 0.241 e. The van der Waals surface area contributed by atoms with Gasteiger partial charge in [0.2, 0.25) is 11.8 Å². The van der Waals surface area contributed by atoms with Crippen molar-refractivity contribution in [2.75, 3.05) is 20.1 Å². The van der Waals surface area contributed by atoms with E-state index in [9.17, 15) is 9.59 Å². The number of carbonyl (C=O) groups excluding carboxylic acids is 2. The summed E-state index contributed by atoms with van der Waals surface area (Å²) in [5, 5.41) is 0. The van der Waals surface area contributed by atoms with Gasteiger partial charge in [-0.25, -0.2) is 0 Å². The predicted octanol–water partition coefficient (Wildman–Crippen LogP) is -0.504. The average molecular weight is 199 g/mol. The molecule has 0 aromatic rings. The molecule has 0 aliphatic carbocycles. The number of piperidine rings is 1. The third-order valence-electron chi connectivity index (χ3n) is 2.45. The quantitative estimate of drug-likeness (QED) is 0.559. The number of hydrogen-bond donors (Lipinski definition) is 2. The van der Waals surface area contributed by atoms with Gasteiger partial charge in [-0.05, 0) is 33.0 Å². The van der Waals surface area contributed by atoms with Crippen molar-refractivity contribution < 1.29 is 9.59 Å². The number of likely N-dealkylation sites (tertiary alicyclic amines) is 1. The second-order valence-corrected chi connectivity index (χ2v) is 3.75. The number of rotatable bonds is 1. The van der Waals surface area contributed by atoms with Crippen molar-refractivity contribution in [3.05, 3.63) is 0 Å². The molecule has 5 heteroatoms. The zero-order valence-electron chi connectivity index (χ0n) is 8.67. The second-order valence-electron chi connectivity index (χ2n) is 3.75. The van der Waals surface area contributed by atoms with E-state index in [0.717, 1.165) is 25.9 Å². The largest absolute Gasteiger partial charge is 0.306 e. The van der Waals surface area contributed by atoms with Crippen LogP contribution in [0.1, 0.15) is 19.8 Å². The first-order chi connectivity index (χ1) is 6.59. The van der Waals surface area contributed by atoms with E-state index in [-0.39, 0.29) is 17.7 Å². The Morgan fingerprint density at radius 3 is 2.29 bits per heavy atom. The third-order valence-corrected chi connectivity index (χ3v) is 2.45. The molecule has 80 valence electrons. The fourth-order valence-corrected chi connectivity index (χ4v) is 1.52. The molecule has 5 nitrogen and oxygen atoms in total. The van der Waals surface area contributed by atoms with E-state index in [0.29, 0.717) is 0 Å². The first-order valence-electron chi connectivity index (χ1n) is 4.84. The van der Waals surface area contributed by atoms with Crippen molar-refractivity contribution in [3.8, 4) is 0 Å². The Hall–Kier alpha value is -1.10. The highest BCUT2D eigenvalue weighted by Gasteiger charge is 2.23. The van der Waals surface area contributed by atoms with Crippen molar-refractivity contribution in [2.45, 2.75) is 19.8 Å². The molecule has 1 saturated heterocycles. The van der Waals surface area contributed by atoms with Gasteiger partial charge in [-0.2, -0.15) is 0 Å². The van der Waals surface area contributed by atoms with Crippen LogP contribution in [0.15, 0.2) is 0 Å². The maximum absolute atomic E-state index is 11.5. The molecule has 0 radical (unpaired) electrons. The lowest BCUT2D eigenvalue weighted by Gasteiger charge is -2.27. The molecule has 0 aromatic heterocycles. The number of hydrazine groups is 1. The molecule has 1 rings (SSSR count). The van der Waals surface area contributed by atoms with Gasteiger partial charge in [0.05, 0.1) is 0 Å². The van der Waals surface area contributed by atoms with Crippen LogP contribution in [-0.4, -0.2) is 36.9 Å². The highest BCUT2D eigenvalue weighted by molar-refractivity contribution is 5.82. The molecule has 0 bridgehead atoms. The predicted molar refractivity (Wildman–Crippen MR) is 52.2 cm³/mol. The van der Waals surface area contributed by atoms with Crippen molar-refractivity contribution in [1.82, 2.24) is 15.8 Å². The van der Waals surface area contributed by atoms with E-state index < -0.39 is 0 Å². The number of nitrogens with one attached hydrogen (secondary N) is 2. The summed E-state index contributed by atoms with van der Waals surface area (Å²) in [4.78, 5) is 24.2. The number of carbonyl (C=O) groups is 2. The van der Waals surface area contributed by atoms with Crippen LogP contribution in [0.5, 0.6) is 0 Å². The van der Waals surface area contributed by atoms with Crippen LogP contribution >= 0.6 is 0 Å². The fraction of sp³-hybridized carbons (Fsp3) is 0.778. The Balaban J connectivity index is 2.27. The van der Waals surface area contributed by atoms with Gasteiger partial charge in [-0.15, -0.1) is 0 Å². The lowest BCUT2D eigenvalue weighted by Crippen LogP contribution is -2.46. The minimum Gasteiger partial charge on any atom is -0.306 e. The summed E-state index contributed by atoms with van der Waals surface area (Å²) >= 11 is 0. The van der Waals surface area contributed by atoms with Crippen LogP contribution in [0.3, 0.4) is 0 Å². The van der Waals surface area contributed by atoms with Crippen molar-refractivity contribution in [2.24, 2.45) is 5.92 Å². The highest BCUT2D eigenvalue weighted by atomic mass is 16.2. The Morgan fingerprint density at radius 2 is 1.79 bits per heavy atom. The number of amides is 2. The van der Waals surface area contributed by atoms with Gasteiger partial charge in [0, 0.05) is 12.8 Å². The first-order valence-corrected chi connectivity index (χ1v) is 4.84. The summed E-state index contributed by atoms with van der Waals surface area (Å²) < 4.78 is 0. The Kier molecular flexibility index (Phi) is 3.88. The van der Waals surface area contributed by atoms with Gasteiger partial charge in [-0.3, -0.25) is 20.4 Å². The van der Waals surface area contributed by atoms with Gasteiger partial charge in [0.15, 0.2) is 0 Å². The van der Waals surface area contributed by atoms with E-state index in [1.807, 2.05) is 7.05 Å². The van der Waals surface area contributed by atoms with Gasteiger partial charge in [0.25, 0.3) is 0 Å². The van der Waals surface area contributed by atoms with E-state index >= 15 is 0 Å². The normalized spacial score (nSPS) is 19.0. The van der Waals surface area contributed by atoms with Crippen molar-refractivity contribution in [1.29, 1.82) is 0 Å². The molecule has 1 heterocycles. The second kappa shape index (κ2) is 4.95. The molecule has 0 spiro atoms. The molecular formula is C9H17N3O2. The first kappa shape index (κ1) is 11.0. The SMILES string of the molecule is CC(=O)NNC(=O)C1CCN(C)CC1. The molecule has 0 unspecified atom stereocenters. The fourth-order valence-electron chi connectivity index (χ4n) is 1.52. The Bertz CT molecular complexity index is 222. The topological polar surface area (TPSA) is 61.4 Å². The van der Waals surface area contributed by atoms with Crippen molar-refractivity contribution >= 4 is 11.8 Å². The summed E-state index contributed by atoms with van der Waals surface area (Å²) in [5.41, 5.74) is 4.71. The molecule has 1 aliphatic heterocycles. The Morgan fingerprint density at radius 1 is 1.21 bits per heavy atom. The van der Waals surface area contributed by atoms with Crippen LogP contribution in [0.25, 0.3) is 0 Å². The summed E-state index contributed by atoms with van der Waals surface area (Å²) in [5.74, 6) is -0.280. The molecule has 2 N–H and O–H groups in total. The third kappa shape index (κ3) is 3.33. The van der Waals surface area contributed by atoms with Gasteiger partial charge >= 0.3 is 0 Å². The molecule has 0 atom stereocenters. The van der Waals surface area contributed by atoms with Crippen LogP contribution in [0, 0.1) is 5.92 Å². The summed E-state index contributed by atoms with van der Waals surface area (Å²) in [6.07, 6.45) is 1.73. The molecular weight excluding hydrogens is 182 g/mol. The van der Waals surface area contributed by atoms with Crippen LogP contribution in [0.4, 0.5) is 0 Å². The lowest BCUT2D eigenvalue weighted by atomic mass is 9.97. The molecule has 0 saturated carbocycles. The van der Waals surface area contributed by atoms with E-state index in [1.54, 1.807) is 0 Å². The molecule has 14 heavy (non-hydrogen) atoms. The maximum Gasteiger partial charge on any atom is 0.241 e. The highest BCUT2D eigenvalue weighted by Crippen LogP contribution is 2.15. The van der Waals surface area contributed by atoms with Gasteiger partial charge in [0.1, 0.15) is 0 Å². The van der Waals surface area contributed by atoms with Gasteiger partial charge in [-0.1, -0.05) is 0 Å². The van der Waals surface area contributed by atoms with Crippen LogP contribution < -0.4 is 10.9 Å². The van der Waals surface area contributed by atoms with E-state index in [2.05, 4.69) is 15.8 Å². The molecule has 0 aromatic carbocycles. The number of nitrogens with zero attached hydrogens (tertiary/aromatic N) is 1. The van der Waals surface area contributed by atoms with Crippen molar-refractivity contribution in [3.63, 3.8) is 0 Å². The molecule has 2 amide bonds. The molecule has 1 fully saturated rings. The summed E-state index contributed by atoms with van der Waals surface area (Å²) in [6, 6.07) is 0. The average Bonchev–Trinajstić information content (AvgIpc) is 2.15. The minimum absolute atomic E-state index is 0.0399. The summed E-state index contributed by atoms with van der Waals surface area (Å²) in [6.45, 7) is 3.26. The zero-order chi connectivity index (χ0) is 10.6. The minimum atomic E-state index is -0.244. The Labute approximate surface area is 83.8 Å². The van der Waals surface area contributed by atoms with Crippen LogP contribution in [0.2, 0.25) is 0 Å².